The Morgan fingerprint density at radius 1 is 1.05 bits per heavy atom. The maximum Gasteiger partial charge on any atom is 0.339 e. The fourth-order valence-electron chi connectivity index (χ4n) is 4.37. The number of nitrogens with zero attached hydrogens (tertiary/aromatic N) is 2. The second kappa shape index (κ2) is 11.5. The first-order valence-electron chi connectivity index (χ1n) is 11.9. The highest BCUT2D eigenvalue weighted by molar-refractivity contribution is 6.30. The van der Waals surface area contributed by atoms with E-state index in [0.717, 1.165) is 29.8 Å². The first-order valence-corrected chi connectivity index (χ1v) is 12.2. The van der Waals surface area contributed by atoms with Gasteiger partial charge in [-0.3, -0.25) is 0 Å². The van der Waals surface area contributed by atoms with Crippen molar-refractivity contribution in [2.45, 2.75) is 38.8 Å². The fourth-order valence-corrected chi connectivity index (χ4v) is 4.67. The summed E-state index contributed by atoms with van der Waals surface area (Å²) in [4.78, 5) is 28.0. The molecule has 9 heteroatoms. The van der Waals surface area contributed by atoms with E-state index in [1.54, 1.807) is 24.3 Å². The number of aromatic carboxylic acids is 2. The molecular formula is C28H27ClN2O6. The van der Waals surface area contributed by atoms with Gasteiger partial charge in [0.15, 0.2) is 17.0 Å². The third-order valence-corrected chi connectivity index (χ3v) is 6.48. The molecule has 0 aliphatic carbocycles. The van der Waals surface area contributed by atoms with Crippen LogP contribution in [0.3, 0.4) is 0 Å². The largest absolute Gasteiger partial charge is 0.478 e. The molecule has 0 fully saturated rings. The lowest BCUT2D eigenvalue weighted by Crippen LogP contribution is -2.16. The number of aromatic nitrogens is 2. The first kappa shape index (κ1) is 26.2. The molecule has 0 bridgehead atoms. The predicted molar refractivity (Wildman–Crippen MR) is 138 cm³/mol. The molecule has 8 nitrogen and oxygen atoms in total. The Bertz CT molecular complexity index is 1410. The van der Waals surface area contributed by atoms with E-state index in [1.165, 1.54) is 19.4 Å². The Morgan fingerprint density at radius 2 is 1.76 bits per heavy atom. The Balaban J connectivity index is 1.74. The van der Waals surface area contributed by atoms with Gasteiger partial charge in [-0.2, -0.15) is 0 Å². The van der Waals surface area contributed by atoms with Crippen molar-refractivity contribution in [1.82, 2.24) is 9.55 Å². The van der Waals surface area contributed by atoms with Crippen LogP contribution in [0.15, 0.2) is 65.3 Å². The summed E-state index contributed by atoms with van der Waals surface area (Å²) < 4.78 is 13.2. The van der Waals surface area contributed by atoms with E-state index in [4.69, 9.17) is 20.8 Å². The Hall–Kier alpha value is -3.88. The first-order chi connectivity index (χ1) is 17.8. The zero-order chi connectivity index (χ0) is 26.5. The van der Waals surface area contributed by atoms with E-state index in [2.05, 4.69) is 11.9 Å². The zero-order valence-corrected chi connectivity index (χ0v) is 21.2. The number of furan rings is 1. The fraction of sp³-hybridized carbons (Fsp3) is 0.250. The molecule has 4 rings (SSSR count). The molecule has 1 atom stereocenters. The molecule has 0 spiro atoms. The molecule has 192 valence electrons. The minimum Gasteiger partial charge on any atom is -0.478 e. The van der Waals surface area contributed by atoms with Gasteiger partial charge in [-0.05, 0) is 35.2 Å². The highest BCUT2D eigenvalue weighted by Crippen LogP contribution is 2.35. The average molecular weight is 523 g/mol. The van der Waals surface area contributed by atoms with Crippen molar-refractivity contribution in [2.75, 3.05) is 7.11 Å². The van der Waals surface area contributed by atoms with Crippen LogP contribution >= 0.6 is 11.6 Å². The summed E-state index contributed by atoms with van der Waals surface area (Å²) in [6, 6.07) is 15.8. The number of rotatable bonds is 11. The number of unbranched alkanes of at least 4 members (excludes halogenated alkanes) is 1. The molecule has 0 saturated carbocycles. The quantitative estimate of drug-likeness (QED) is 0.237. The lowest BCUT2D eigenvalue weighted by atomic mass is 9.98. The second-order valence-corrected chi connectivity index (χ2v) is 8.92. The Kier molecular flexibility index (Phi) is 8.11. The van der Waals surface area contributed by atoms with Gasteiger partial charge in [0.05, 0.1) is 17.5 Å². The molecule has 2 aromatic heterocycles. The molecule has 0 saturated heterocycles. The van der Waals surface area contributed by atoms with Gasteiger partial charge in [-0.15, -0.1) is 0 Å². The van der Waals surface area contributed by atoms with Crippen molar-refractivity contribution in [2.24, 2.45) is 0 Å². The van der Waals surface area contributed by atoms with Crippen molar-refractivity contribution in [3.05, 3.63) is 100.0 Å². The number of carboxylic acid groups (broad SMARTS) is 2. The van der Waals surface area contributed by atoms with Crippen molar-refractivity contribution in [1.29, 1.82) is 0 Å². The summed E-state index contributed by atoms with van der Waals surface area (Å²) in [7, 11) is 1.47. The topological polar surface area (TPSA) is 115 Å². The zero-order valence-electron chi connectivity index (χ0n) is 20.5. The molecule has 0 radical (unpaired) electrons. The van der Waals surface area contributed by atoms with Crippen LogP contribution in [-0.4, -0.2) is 38.8 Å². The van der Waals surface area contributed by atoms with Gasteiger partial charge in [-0.25, -0.2) is 14.6 Å². The van der Waals surface area contributed by atoms with E-state index in [1.807, 2.05) is 28.8 Å². The van der Waals surface area contributed by atoms with Gasteiger partial charge in [0.1, 0.15) is 11.4 Å². The summed E-state index contributed by atoms with van der Waals surface area (Å²) in [6.07, 6.45) is 2.98. The van der Waals surface area contributed by atoms with Gasteiger partial charge in [0.25, 0.3) is 0 Å². The van der Waals surface area contributed by atoms with Gasteiger partial charge >= 0.3 is 11.9 Å². The third kappa shape index (κ3) is 5.45. The molecule has 4 aromatic rings. The number of carboxylic acids is 2. The van der Waals surface area contributed by atoms with Crippen LogP contribution in [-0.2, 0) is 17.7 Å². The number of ether oxygens (including phenoxy) is 1. The monoisotopic (exact) mass is 522 g/mol. The molecular weight excluding hydrogens is 496 g/mol. The van der Waals surface area contributed by atoms with Crippen molar-refractivity contribution in [3.63, 3.8) is 0 Å². The van der Waals surface area contributed by atoms with Crippen LogP contribution in [0.2, 0.25) is 5.15 Å². The predicted octanol–water partition coefficient (Wildman–Crippen LogP) is 6.32. The van der Waals surface area contributed by atoms with Gasteiger partial charge in [0.2, 0.25) is 0 Å². The number of imidazole rings is 1. The maximum atomic E-state index is 11.7. The maximum absolute atomic E-state index is 11.7. The van der Waals surface area contributed by atoms with E-state index in [-0.39, 0.29) is 22.0 Å². The van der Waals surface area contributed by atoms with Crippen LogP contribution in [0.5, 0.6) is 0 Å². The second-order valence-electron chi connectivity index (χ2n) is 8.56. The van der Waals surface area contributed by atoms with E-state index < -0.39 is 18.0 Å². The van der Waals surface area contributed by atoms with E-state index in [0.29, 0.717) is 24.2 Å². The number of carbonyl (C=O) groups is 2. The molecule has 37 heavy (non-hydrogen) atoms. The standard InChI is InChI=1S/C28H27ClN2O6/c1-3-4-9-22-30-26(29)23(25(36-2)24-21(28(34)35)14-15-37-24)31(22)16-17-10-12-18(13-11-17)19-7-5-6-8-20(19)27(32)33/h5-8,10-15,25H,3-4,9,16H2,1-2H3,(H,32,33)(H,34,35). The number of hydrogen-bond donors (Lipinski definition) is 2. The molecule has 1 unspecified atom stereocenters. The van der Waals surface area contributed by atoms with Gasteiger partial charge < -0.3 is 23.9 Å². The summed E-state index contributed by atoms with van der Waals surface area (Å²) in [5, 5.41) is 19.4. The lowest BCUT2D eigenvalue weighted by molar-refractivity contribution is 0.0672. The van der Waals surface area contributed by atoms with Crippen molar-refractivity contribution < 1.29 is 29.0 Å². The lowest BCUT2D eigenvalue weighted by Gasteiger charge is -2.19. The van der Waals surface area contributed by atoms with Crippen LogP contribution in [0.4, 0.5) is 0 Å². The molecule has 0 aliphatic heterocycles. The number of aryl methyl sites for hydroxylation is 1. The van der Waals surface area contributed by atoms with E-state index in [9.17, 15) is 19.8 Å². The van der Waals surface area contributed by atoms with Crippen LogP contribution in [0.25, 0.3) is 11.1 Å². The smallest absolute Gasteiger partial charge is 0.339 e. The summed E-state index contributed by atoms with van der Waals surface area (Å²) >= 11 is 6.61. The van der Waals surface area contributed by atoms with Gasteiger partial charge in [0, 0.05) is 20.1 Å². The SMILES string of the molecule is CCCCc1nc(Cl)c(C(OC)c2occc2C(=O)O)n1Cc1ccc(-c2ccccc2C(=O)O)cc1. The highest BCUT2D eigenvalue weighted by atomic mass is 35.5. The Morgan fingerprint density at radius 3 is 2.41 bits per heavy atom. The van der Waals surface area contributed by atoms with Crippen LogP contribution in [0.1, 0.15) is 69.4 Å². The minimum atomic E-state index is -1.13. The molecule has 2 N–H and O–H groups in total. The summed E-state index contributed by atoms with van der Waals surface area (Å²) in [5.74, 6) is -1.22. The molecule has 2 aromatic carbocycles. The number of halogens is 1. The number of methoxy groups -OCH3 is 1. The molecule has 2 heterocycles. The van der Waals surface area contributed by atoms with Crippen molar-refractivity contribution in [3.8, 4) is 11.1 Å². The molecule has 0 amide bonds. The number of benzene rings is 2. The average Bonchev–Trinajstić information content (AvgIpc) is 3.49. The van der Waals surface area contributed by atoms with E-state index >= 15 is 0 Å². The van der Waals surface area contributed by atoms with Crippen LogP contribution in [0, 0.1) is 0 Å². The third-order valence-electron chi connectivity index (χ3n) is 6.21. The number of hydrogen-bond acceptors (Lipinski definition) is 5. The Labute approximate surface area is 219 Å². The molecule has 0 aliphatic rings. The van der Waals surface area contributed by atoms with Crippen LogP contribution < -0.4 is 0 Å². The minimum absolute atomic E-state index is 0.00720. The van der Waals surface area contributed by atoms with Gasteiger partial charge in [-0.1, -0.05) is 67.4 Å². The van der Waals surface area contributed by atoms with Crippen molar-refractivity contribution >= 4 is 23.5 Å². The summed E-state index contributed by atoms with van der Waals surface area (Å²) in [5.41, 5.74) is 3.08. The summed E-state index contributed by atoms with van der Waals surface area (Å²) in [6.45, 7) is 2.49. The normalized spacial score (nSPS) is 12.0. The highest BCUT2D eigenvalue weighted by Gasteiger charge is 2.31.